The van der Waals surface area contributed by atoms with Crippen molar-refractivity contribution in [3.8, 4) is 11.5 Å². The Kier molecular flexibility index (Phi) is 8.90. The first kappa shape index (κ1) is 27.3. The van der Waals surface area contributed by atoms with E-state index in [9.17, 15) is 9.35 Å². The number of hydrogen-bond donors (Lipinski definition) is 0. The number of hydrogen-bond acceptors (Lipinski definition) is 9. The molecule has 9 nitrogen and oxygen atoms in total. The average molecular weight is 555 g/mol. The van der Waals surface area contributed by atoms with Gasteiger partial charge in [-0.05, 0) is 47.5 Å². The number of ether oxygens (including phenoxy) is 7. The SMILES string of the molecule is COc1ccc(COC[C@H]2O[C@@H]([S+]([O-])c3ccccc3)[C@H](OCc3ccc(OC)cc3)[C@H]3OC(=O)O[C@H]32)cc1. The molecule has 0 aromatic heterocycles. The molecule has 0 spiro atoms. The van der Waals surface area contributed by atoms with Crippen molar-refractivity contribution in [2.24, 2.45) is 0 Å². The van der Waals surface area contributed by atoms with E-state index < -0.39 is 47.2 Å². The van der Waals surface area contributed by atoms with Crippen LogP contribution < -0.4 is 9.47 Å². The highest BCUT2D eigenvalue weighted by atomic mass is 32.2. The van der Waals surface area contributed by atoms with Crippen molar-refractivity contribution in [1.29, 1.82) is 0 Å². The lowest BCUT2D eigenvalue weighted by molar-refractivity contribution is -0.194. The highest BCUT2D eigenvalue weighted by Crippen LogP contribution is 2.37. The van der Waals surface area contributed by atoms with E-state index in [0.29, 0.717) is 11.5 Å². The Hall–Kier alpha value is -3.28. The van der Waals surface area contributed by atoms with Gasteiger partial charge in [-0.1, -0.05) is 42.5 Å². The fourth-order valence-electron chi connectivity index (χ4n) is 4.51. The number of fused-ring (bicyclic) bond motifs is 1. The average Bonchev–Trinajstić information content (AvgIpc) is 3.38. The van der Waals surface area contributed by atoms with E-state index in [2.05, 4.69) is 0 Å². The Labute approximate surface area is 230 Å². The molecule has 0 bridgehead atoms. The molecule has 6 atom stereocenters. The summed E-state index contributed by atoms with van der Waals surface area (Å²) in [6, 6.07) is 23.9. The zero-order valence-electron chi connectivity index (χ0n) is 21.6. The summed E-state index contributed by atoms with van der Waals surface area (Å²) in [7, 11) is 3.21. The van der Waals surface area contributed by atoms with E-state index in [4.69, 9.17) is 33.2 Å². The van der Waals surface area contributed by atoms with Crippen LogP contribution in [0.1, 0.15) is 11.1 Å². The quantitative estimate of drug-likeness (QED) is 0.254. The van der Waals surface area contributed by atoms with E-state index in [1.54, 1.807) is 38.5 Å². The fraction of sp³-hybridized carbons (Fsp3) is 0.345. The van der Waals surface area contributed by atoms with E-state index in [0.717, 1.165) is 22.6 Å². The molecule has 2 saturated heterocycles. The van der Waals surface area contributed by atoms with Gasteiger partial charge in [0.25, 0.3) is 5.44 Å². The van der Waals surface area contributed by atoms with Crippen LogP contribution in [0.2, 0.25) is 0 Å². The van der Waals surface area contributed by atoms with Crippen molar-refractivity contribution in [2.45, 2.75) is 48.0 Å². The second-order valence-electron chi connectivity index (χ2n) is 9.06. The molecule has 2 aliphatic heterocycles. The predicted octanol–water partition coefficient (Wildman–Crippen LogP) is 4.24. The van der Waals surface area contributed by atoms with Gasteiger partial charge in [-0.2, -0.15) is 0 Å². The standard InChI is InChI=1S/C29H30O9S/c1-32-21-12-8-19(9-13-21)16-34-18-24-25-26(38-29(30)37-25)27(35-17-20-10-14-22(33-2)15-11-20)28(36-24)39(31)23-6-4-3-5-7-23/h3-15,24-28H,16-18H2,1-2H3/t24-,25+,26+,27-,28+,39?/m1/s1. The molecule has 3 aromatic carbocycles. The largest absolute Gasteiger partial charge is 0.609 e. The fourth-order valence-corrected chi connectivity index (χ4v) is 5.92. The molecular formula is C29H30O9S. The molecule has 206 valence electrons. The molecule has 2 fully saturated rings. The normalized spacial score (nSPS) is 24.8. The monoisotopic (exact) mass is 554 g/mol. The van der Waals surface area contributed by atoms with Crippen LogP contribution in [0.3, 0.4) is 0 Å². The van der Waals surface area contributed by atoms with Crippen LogP contribution >= 0.6 is 0 Å². The number of carbonyl (C=O) groups excluding carboxylic acids is 1. The molecule has 2 aliphatic rings. The van der Waals surface area contributed by atoms with Crippen LogP contribution in [-0.2, 0) is 48.1 Å². The molecule has 0 saturated carbocycles. The van der Waals surface area contributed by atoms with Gasteiger partial charge in [-0.3, -0.25) is 0 Å². The third-order valence-corrected chi connectivity index (χ3v) is 8.09. The number of carbonyl (C=O) groups is 1. The van der Waals surface area contributed by atoms with Gasteiger partial charge in [0.05, 0.1) is 34.0 Å². The van der Waals surface area contributed by atoms with Gasteiger partial charge < -0.3 is 37.7 Å². The van der Waals surface area contributed by atoms with Crippen LogP contribution in [0.4, 0.5) is 4.79 Å². The van der Waals surface area contributed by atoms with Crippen molar-refractivity contribution < 1.29 is 42.5 Å². The summed E-state index contributed by atoms with van der Waals surface area (Å²) < 4.78 is 53.7. The maximum atomic E-state index is 13.7. The number of methoxy groups -OCH3 is 2. The van der Waals surface area contributed by atoms with Crippen LogP contribution in [-0.4, -0.2) is 61.4 Å². The Balaban J connectivity index is 1.33. The summed E-state index contributed by atoms with van der Waals surface area (Å²) in [4.78, 5) is 12.8. The molecule has 3 aromatic rings. The highest BCUT2D eigenvalue weighted by molar-refractivity contribution is 7.92. The maximum absolute atomic E-state index is 13.7. The van der Waals surface area contributed by atoms with E-state index >= 15 is 0 Å². The first-order valence-electron chi connectivity index (χ1n) is 12.5. The van der Waals surface area contributed by atoms with Gasteiger partial charge >= 0.3 is 6.16 Å². The van der Waals surface area contributed by atoms with Gasteiger partial charge in [0.2, 0.25) is 0 Å². The van der Waals surface area contributed by atoms with Gasteiger partial charge in [-0.25, -0.2) is 4.79 Å². The van der Waals surface area contributed by atoms with Gasteiger partial charge in [0.1, 0.15) is 17.6 Å². The summed E-state index contributed by atoms with van der Waals surface area (Å²) >= 11 is -1.63. The van der Waals surface area contributed by atoms with Crippen LogP contribution in [0.25, 0.3) is 0 Å². The van der Waals surface area contributed by atoms with Gasteiger partial charge in [0, 0.05) is 11.2 Å². The summed E-state index contributed by atoms with van der Waals surface area (Å²) in [6.45, 7) is 0.581. The molecule has 0 amide bonds. The lowest BCUT2D eigenvalue weighted by atomic mass is 10.00. The van der Waals surface area contributed by atoms with Crippen LogP contribution in [0.15, 0.2) is 83.8 Å². The Bertz CT molecular complexity index is 1210. The second kappa shape index (κ2) is 12.7. The number of rotatable bonds is 11. The third-order valence-electron chi connectivity index (χ3n) is 6.55. The minimum Gasteiger partial charge on any atom is -0.609 e. The Morgan fingerprint density at radius 3 is 2.00 bits per heavy atom. The predicted molar refractivity (Wildman–Crippen MR) is 141 cm³/mol. The summed E-state index contributed by atoms with van der Waals surface area (Å²) in [5.41, 5.74) is 0.871. The second-order valence-corrected chi connectivity index (χ2v) is 10.6. The zero-order chi connectivity index (χ0) is 27.2. The van der Waals surface area contributed by atoms with Crippen molar-refractivity contribution >= 4 is 17.3 Å². The topological polar surface area (TPSA) is 105 Å². The van der Waals surface area contributed by atoms with Gasteiger partial charge in [0.15, 0.2) is 23.2 Å². The van der Waals surface area contributed by atoms with Crippen molar-refractivity contribution in [1.82, 2.24) is 0 Å². The van der Waals surface area contributed by atoms with Crippen LogP contribution in [0, 0.1) is 0 Å². The van der Waals surface area contributed by atoms with E-state index in [1.807, 2.05) is 54.6 Å². The first-order chi connectivity index (χ1) is 19.1. The Morgan fingerprint density at radius 1 is 0.795 bits per heavy atom. The molecule has 2 heterocycles. The maximum Gasteiger partial charge on any atom is 0.509 e. The first-order valence-corrected chi connectivity index (χ1v) is 13.7. The van der Waals surface area contributed by atoms with E-state index in [-0.39, 0.29) is 13.2 Å². The smallest absolute Gasteiger partial charge is 0.509 e. The minimum absolute atomic E-state index is 0.0948. The molecule has 1 unspecified atom stereocenters. The molecule has 10 heteroatoms. The number of benzene rings is 3. The highest BCUT2D eigenvalue weighted by Gasteiger charge is 2.58. The van der Waals surface area contributed by atoms with Crippen LogP contribution in [0.5, 0.6) is 11.5 Å². The molecule has 39 heavy (non-hydrogen) atoms. The molecule has 5 rings (SSSR count). The molecule has 0 N–H and O–H groups in total. The van der Waals surface area contributed by atoms with Crippen molar-refractivity contribution in [3.63, 3.8) is 0 Å². The Morgan fingerprint density at radius 2 is 1.38 bits per heavy atom. The molecule has 0 radical (unpaired) electrons. The van der Waals surface area contributed by atoms with Crippen molar-refractivity contribution in [3.05, 3.63) is 90.0 Å². The van der Waals surface area contributed by atoms with Gasteiger partial charge in [-0.15, -0.1) is 0 Å². The third kappa shape index (κ3) is 6.48. The summed E-state index contributed by atoms with van der Waals surface area (Å²) in [6.07, 6.45) is -3.98. The van der Waals surface area contributed by atoms with Crippen molar-refractivity contribution in [2.75, 3.05) is 20.8 Å². The summed E-state index contributed by atoms with van der Waals surface area (Å²) in [5.74, 6) is 1.47. The summed E-state index contributed by atoms with van der Waals surface area (Å²) in [5, 5.41) is 0. The zero-order valence-corrected chi connectivity index (χ0v) is 22.4. The lowest BCUT2D eigenvalue weighted by Crippen LogP contribution is -2.60. The van der Waals surface area contributed by atoms with E-state index in [1.165, 1.54) is 0 Å². The lowest BCUT2D eigenvalue weighted by Gasteiger charge is -2.40. The molecule has 0 aliphatic carbocycles. The minimum atomic E-state index is -1.63. The molecular weight excluding hydrogens is 524 g/mol.